The van der Waals surface area contributed by atoms with E-state index < -0.39 is 12.1 Å². The Bertz CT molecular complexity index is 414. The predicted octanol–water partition coefficient (Wildman–Crippen LogP) is 3.89. The third kappa shape index (κ3) is 4.40. The van der Waals surface area contributed by atoms with E-state index in [2.05, 4.69) is 22.2 Å². The van der Waals surface area contributed by atoms with Gasteiger partial charge >= 0.3 is 6.18 Å². The summed E-state index contributed by atoms with van der Waals surface area (Å²) in [7, 11) is 0. The summed E-state index contributed by atoms with van der Waals surface area (Å²) < 4.78 is 38.3. The molecule has 0 amide bonds. The fourth-order valence-electron chi connectivity index (χ4n) is 3.06. The maximum Gasteiger partial charge on any atom is 0.391 e. The van der Waals surface area contributed by atoms with Gasteiger partial charge in [0.1, 0.15) is 0 Å². The number of rotatable bonds is 5. The molecule has 0 aromatic carbocycles. The lowest BCUT2D eigenvalue weighted by molar-refractivity contribution is -0.184. The lowest BCUT2D eigenvalue weighted by Gasteiger charge is -2.34. The number of nitrogens with one attached hydrogen (secondary N) is 1. The smallest absolute Gasteiger partial charge is 0.308 e. The van der Waals surface area contributed by atoms with Crippen molar-refractivity contribution in [1.82, 2.24) is 15.3 Å². The van der Waals surface area contributed by atoms with Crippen LogP contribution in [0.25, 0.3) is 0 Å². The third-order valence-electron chi connectivity index (χ3n) is 4.22. The lowest BCUT2D eigenvalue weighted by atomic mass is 9.77. The molecule has 118 valence electrons. The predicted molar refractivity (Wildman–Crippen MR) is 74.6 cm³/mol. The highest BCUT2D eigenvalue weighted by Gasteiger charge is 2.42. The number of nitrogens with zero attached hydrogens (tertiary/aromatic N) is 2. The Kier molecular flexibility index (Phi) is 5.56. The molecule has 1 aromatic heterocycles. The van der Waals surface area contributed by atoms with Crippen molar-refractivity contribution in [1.29, 1.82) is 0 Å². The summed E-state index contributed by atoms with van der Waals surface area (Å²) in [5, 5.41) is 3.43. The molecule has 3 nitrogen and oxygen atoms in total. The third-order valence-corrected chi connectivity index (χ3v) is 4.22. The van der Waals surface area contributed by atoms with E-state index >= 15 is 0 Å². The lowest BCUT2D eigenvalue weighted by Crippen LogP contribution is -2.35. The minimum atomic E-state index is -4.05. The molecule has 1 fully saturated rings. The van der Waals surface area contributed by atoms with E-state index in [1.807, 2.05) is 0 Å². The average Bonchev–Trinajstić information content (AvgIpc) is 2.48. The van der Waals surface area contributed by atoms with Crippen LogP contribution in [0.4, 0.5) is 13.2 Å². The molecule has 1 aliphatic rings. The summed E-state index contributed by atoms with van der Waals surface area (Å²) in [5.74, 6) is -0.936. The minimum absolute atomic E-state index is 0.00725. The van der Waals surface area contributed by atoms with Crippen molar-refractivity contribution in [2.45, 2.75) is 51.2 Å². The topological polar surface area (TPSA) is 37.8 Å². The number of aromatic nitrogens is 2. The van der Waals surface area contributed by atoms with E-state index in [0.29, 0.717) is 12.8 Å². The van der Waals surface area contributed by atoms with Crippen molar-refractivity contribution < 1.29 is 13.2 Å². The SMILES string of the molecule is CCCNC(c1cnccn1)C1CCC(C(F)(F)F)CC1. The van der Waals surface area contributed by atoms with Crippen molar-refractivity contribution in [3.8, 4) is 0 Å². The van der Waals surface area contributed by atoms with Gasteiger partial charge in [0.2, 0.25) is 0 Å². The van der Waals surface area contributed by atoms with E-state index in [4.69, 9.17) is 0 Å². The van der Waals surface area contributed by atoms with Gasteiger partial charge in [-0.1, -0.05) is 6.92 Å². The summed E-state index contributed by atoms with van der Waals surface area (Å²) in [4.78, 5) is 8.41. The second kappa shape index (κ2) is 7.20. The minimum Gasteiger partial charge on any atom is -0.308 e. The largest absolute Gasteiger partial charge is 0.391 e. The summed E-state index contributed by atoms with van der Waals surface area (Å²) in [6.07, 6.45) is 3.50. The van der Waals surface area contributed by atoms with Crippen molar-refractivity contribution in [2.75, 3.05) is 6.54 Å². The molecule has 0 aliphatic heterocycles. The number of hydrogen-bond acceptors (Lipinski definition) is 3. The number of hydrogen-bond donors (Lipinski definition) is 1. The summed E-state index contributed by atoms with van der Waals surface area (Å²) >= 11 is 0. The average molecular weight is 301 g/mol. The number of alkyl halides is 3. The molecule has 0 radical (unpaired) electrons. The van der Waals surface area contributed by atoms with Gasteiger partial charge in [-0.05, 0) is 44.6 Å². The standard InChI is InChI=1S/C15H22F3N3/c1-2-7-21-14(13-10-19-8-9-20-13)11-3-5-12(6-4-11)15(16,17)18/h8-12,14,21H,2-7H2,1H3. The molecule has 1 saturated carbocycles. The maximum atomic E-state index is 12.8. The fourth-order valence-corrected chi connectivity index (χ4v) is 3.06. The maximum absolute atomic E-state index is 12.8. The van der Waals surface area contributed by atoms with Crippen LogP contribution in [0.15, 0.2) is 18.6 Å². The summed E-state index contributed by atoms with van der Waals surface area (Å²) in [5.41, 5.74) is 0.835. The van der Waals surface area contributed by atoms with Crippen molar-refractivity contribution in [3.63, 3.8) is 0 Å². The Morgan fingerprint density at radius 1 is 1.24 bits per heavy atom. The van der Waals surface area contributed by atoms with Gasteiger partial charge in [0, 0.05) is 18.6 Å². The Morgan fingerprint density at radius 2 is 1.95 bits per heavy atom. The van der Waals surface area contributed by atoms with Crippen LogP contribution in [-0.4, -0.2) is 22.7 Å². The van der Waals surface area contributed by atoms with Gasteiger partial charge in [-0.15, -0.1) is 0 Å². The molecule has 0 bridgehead atoms. The Hall–Kier alpha value is -1.17. The molecule has 6 heteroatoms. The first-order chi connectivity index (χ1) is 10.0. The van der Waals surface area contributed by atoms with E-state index in [1.165, 1.54) is 0 Å². The molecule has 21 heavy (non-hydrogen) atoms. The zero-order valence-electron chi connectivity index (χ0n) is 12.2. The monoisotopic (exact) mass is 301 g/mol. The Labute approximate surface area is 123 Å². The molecule has 1 heterocycles. The summed E-state index contributed by atoms with van der Waals surface area (Å²) in [6, 6.07) is 0.00725. The second-order valence-electron chi connectivity index (χ2n) is 5.72. The van der Waals surface area contributed by atoms with Crippen molar-refractivity contribution >= 4 is 0 Å². The van der Waals surface area contributed by atoms with Crippen LogP contribution in [-0.2, 0) is 0 Å². The van der Waals surface area contributed by atoms with Crippen molar-refractivity contribution in [3.05, 3.63) is 24.3 Å². The first-order valence-electron chi connectivity index (χ1n) is 7.58. The van der Waals surface area contributed by atoms with Crippen LogP contribution in [0.3, 0.4) is 0 Å². The van der Waals surface area contributed by atoms with Gasteiger partial charge in [-0.2, -0.15) is 13.2 Å². The van der Waals surface area contributed by atoms with Crippen LogP contribution < -0.4 is 5.32 Å². The van der Waals surface area contributed by atoms with Crippen LogP contribution in [0.5, 0.6) is 0 Å². The highest BCUT2D eigenvalue weighted by Crippen LogP contribution is 2.42. The molecule has 0 spiro atoms. The first kappa shape index (κ1) is 16.2. The highest BCUT2D eigenvalue weighted by molar-refractivity contribution is 5.05. The van der Waals surface area contributed by atoms with E-state index in [0.717, 1.165) is 18.7 Å². The normalized spacial score (nSPS) is 24.8. The van der Waals surface area contributed by atoms with Crippen molar-refractivity contribution in [2.24, 2.45) is 11.8 Å². The Morgan fingerprint density at radius 3 is 2.48 bits per heavy atom. The van der Waals surface area contributed by atoms with Crippen LogP contribution in [0, 0.1) is 11.8 Å². The number of halogens is 3. The van der Waals surface area contributed by atoms with Gasteiger partial charge in [-0.3, -0.25) is 9.97 Å². The molecule has 1 aliphatic carbocycles. The molecule has 2 rings (SSSR count). The Balaban J connectivity index is 2.02. The quantitative estimate of drug-likeness (QED) is 0.896. The highest BCUT2D eigenvalue weighted by atomic mass is 19.4. The zero-order valence-corrected chi connectivity index (χ0v) is 12.2. The first-order valence-corrected chi connectivity index (χ1v) is 7.58. The van der Waals surface area contributed by atoms with Crippen LogP contribution in [0.1, 0.15) is 50.8 Å². The van der Waals surface area contributed by atoms with Gasteiger partial charge in [-0.25, -0.2) is 0 Å². The molecule has 1 N–H and O–H groups in total. The van der Waals surface area contributed by atoms with Gasteiger partial charge in [0.05, 0.1) is 17.7 Å². The van der Waals surface area contributed by atoms with Crippen LogP contribution >= 0.6 is 0 Å². The van der Waals surface area contributed by atoms with Gasteiger partial charge < -0.3 is 5.32 Å². The fraction of sp³-hybridized carbons (Fsp3) is 0.733. The molecule has 0 saturated heterocycles. The summed E-state index contributed by atoms with van der Waals surface area (Å²) in [6.45, 7) is 2.90. The molecule has 1 aromatic rings. The molecular formula is C15H22F3N3. The molecule has 1 atom stereocenters. The van der Waals surface area contributed by atoms with E-state index in [-0.39, 0.29) is 24.8 Å². The van der Waals surface area contributed by atoms with Crippen LogP contribution in [0.2, 0.25) is 0 Å². The molecule has 1 unspecified atom stereocenters. The van der Waals surface area contributed by atoms with Gasteiger partial charge in [0.15, 0.2) is 0 Å². The van der Waals surface area contributed by atoms with Gasteiger partial charge in [0.25, 0.3) is 0 Å². The van der Waals surface area contributed by atoms with E-state index in [9.17, 15) is 13.2 Å². The molecular weight excluding hydrogens is 279 g/mol. The van der Waals surface area contributed by atoms with E-state index in [1.54, 1.807) is 18.6 Å². The second-order valence-corrected chi connectivity index (χ2v) is 5.72. The zero-order chi connectivity index (χ0) is 15.3.